The second-order valence-electron chi connectivity index (χ2n) is 6.24. The molecule has 0 N–H and O–H groups in total. The molecule has 0 amide bonds. The van der Waals surface area contributed by atoms with Crippen LogP contribution in [0, 0.1) is 5.41 Å². The number of hydrogen-bond acceptors (Lipinski definition) is 2. The molecule has 0 saturated carbocycles. The first-order chi connectivity index (χ1) is 7.82. The Bertz CT molecular complexity index is 390. The van der Waals surface area contributed by atoms with Crippen molar-refractivity contribution >= 4 is 5.78 Å². The summed E-state index contributed by atoms with van der Waals surface area (Å²) in [5.41, 5.74) is 0.914. The Hall–Kier alpha value is -0.890. The molecule has 2 heteroatoms. The van der Waals surface area contributed by atoms with Gasteiger partial charge in [0.15, 0.2) is 5.78 Å². The molecule has 0 aromatic carbocycles. The van der Waals surface area contributed by atoms with E-state index in [0.29, 0.717) is 6.10 Å². The van der Waals surface area contributed by atoms with Crippen LogP contribution in [0.4, 0.5) is 0 Å². The normalized spacial score (nSPS) is 41.8. The Balaban J connectivity index is 2.21. The van der Waals surface area contributed by atoms with E-state index in [1.54, 1.807) is 6.08 Å². The molecule has 1 aliphatic heterocycles. The van der Waals surface area contributed by atoms with Gasteiger partial charge in [-0.3, -0.25) is 4.79 Å². The summed E-state index contributed by atoms with van der Waals surface area (Å²) < 4.78 is 5.83. The third kappa shape index (κ3) is 2.86. The van der Waals surface area contributed by atoms with Crippen molar-refractivity contribution in [2.45, 2.75) is 58.7 Å². The molecular formula is C15H22O2. The van der Waals surface area contributed by atoms with Crippen LogP contribution in [0.3, 0.4) is 0 Å². The largest absolute Gasteiger partial charge is 0.366 e. The van der Waals surface area contributed by atoms with Gasteiger partial charge in [0.05, 0.1) is 11.7 Å². The van der Waals surface area contributed by atoms with Gasteiger partial charge in [0.1, 0.15) is 0 Å². The molecular weight excluding hydrogens is 212 g/mol. The molecule has 0 spiro atoms. The zero-order valence-corrected chi connectivity index (χ0v) is 11.2. The molecule has 2 aliphatic rings. The molecule has 2 rings (SSSR count). The van der Waals surface area contributed by atoms with Crippen molar-refractivity contribution in [1.29, 1.82) is 0 Å². The minimum atomic E-state index is 0.0305. The minimum absolute atomic E-state index is 0.0305. The first kappa shape index (κ1) is 12.6. The van der Waals surface area contributed by atoms with Crippen molar-refractivity contribution in [3.63, 3.8) is 0 Å². The van der Waals surface area contributed by atoms with E-state index in [9.17, 15) is 4.79 Å². The topological polar surface area (TPSA) is 29.6 Å². The van der Waals surface area contributed by atoms with Crippen molar-refractivity contribution in [1.82, 2.24) is 0 Å². The van der Waals surface area contributed by atoms with E-state index in [-0.39, 0.29) is 16.8 Å². The lowest BCUT2D eigenvalue weighted by Gasteiger charge is -2.19. The number of ether oxygens (including phenoxy) is 1. The van der Waals surface area contributed by atoms with E-state index >= 15 is 0 Å². The lowest BCUT2D eigenvalue weighted by Crippen LogP contribution is -2.17. The summed E-state index contributed by atoms with van der Waals surface area (Å²) >= 11 is 0. The van der Waals surface area contributed by atoms with Gasteiger partial charge >= 0.3 is 0 Å². The molecule has 2 atom stereocenters. The smallest absolute Gasteiger partial charge is 0.180 e. The zero-order valence-electron chi connectivity index (χ0n) is 11.2. The third-order valence-electron chi connectivity index (χ3n) is 3.91. The number of carbonyl (C=O) groups excluding carboxylic acids is 1. The highest BCUT2D eigenvalue weighted by Crippen LogP contribution is 2.46. The molecule has 0 aromatic rings. The van der Waals surface area contributed by atoms with Crippen molar-refractivity contribution in [2.24, 2.45) is 5.41 Å². The van der Waals surface area contributed by atoms with Crippen molar-refractivity contribution in [3.8, 4) is 0 Å². The van der Waals surface area contributed by atoms with E-state index in [2.05, 4.69) is 20.8 Å². The number of fused-ring (bicyclic) bond motifs is 1. The number of ketones is 1. The van der Waals surface area contributed by atoms with Gasteiger partial charge < -0.3 is 4.74 Å². The van der Waals surface area contributed by atoms with E-state index in [1.165, 1.54) is 0 Å². The van der Waals surface area contributed by atoms with Gasteiger partial charge in [-0.1, -0.05) is 26.0 Å². The van der Waals surface area contributed by atoms with Gasteiger partial charge in [-0.15, -0.1) is 0 Å². The summed E-state index contributed by atoms with van der Waals surface area (Å²) in [5, 5.41) is 0. The average Bonchev–Trinajstić information content (AvgIpc) is 2.83. The van der Waals surface area contributed by atoms with E-state index < -0.39 is 0 Å². The highest BCUT2D eigenvalue weighted by Gasteiger charge is 2.52. The van der Waals surface area contributed by atoms with Gasteiger partial charge in [-0.25, -0.2) is 0 Å². The predicted octanol–water partition coefficient (Wildman–Crippen LogP) is 3.43. The van der Waals surface area contributed by atoms with Crippen LogP contribution in [0.5, 0.6) is 0 Å². The molecule has 0 aromatic heterocycles. The van der Waals surface area contributed by atoms with Crippen LogP contribution in [0.1, 0.15) is 47.0 Å². The van der Waals surface area contributed by atoms with E-state index in [4.69, 9.17) is 4.74 Å². The van der Waals surface area contributed by atoms with Crippen LogP contribution < -0.4 is 0 Å². The maximum absolute atomic E-state index is 11.8. The molecule has 1 aliphatic carbocycles. The Morgan fingerprint density at radius 1 is 1.35 bits per heavy atom. The first-order valence-corrected chi connectivity index (χ1v) is 6.41. The fourth-order valence-electron chi connectivity index (χ4n) is 2.42. The van der Waals surface area contributed by atoms with Crippen LogP contribution in [0.15, 0.2) is 23.8 Å². The molecule has 2 nitrogen and oxygen atoms in total. The Kier molecular flexibility index (Phi) is 3.03. The average molecular weight is 234 g/mol. The SMILES string of the molecule is C/C1=C/CC[C@@]2(C)O[C@@H]2CC(C)(C)/C=C\C1=O. The second kappa shape index (κ2) is 4.09. The molecule has 17 heavy (non-hydrogen) atoms. The number of rotatable bonds is 0. The van der Waals surface area contributed by atoms with Gasteiger partial charge in [-0.2, -0.15) is 0 Å². The second-order valence-corrected chi connectivity index (χ2v) is 6.24. The van der Waals surface area contributed by atoms with Gasteiger partial charge in [-0.05, 0) is 50.2 Å². The molecule has 1 saturated heterocycles. The van der Waals surface area contributed by atoms with Crippen molar-refractivity contribution in [2.75, 3.05) is 0 Å². The summed E-state index contributed by atoms with van der Waals surface area (Å²) in [6, 6.07) is 0. The minimum Gasteiger partial charge on any atom is -0.366 e. The summed E-state index contributed by atoms with van der Waals surface area (Å²) in [7, 11) is 0. The maximum atomic E-state index is 11.8. The number of carbonyl (C=O) groups is 1. The number of allylic oxidation sites excluding steroid dienone is 4. The first-order valence-electron chi connectivity index (χ1n) is 6.41. The van der Waals surface area contributed by atoms with Crippen LogP contribution in [0.25, 0.3) is 0 Å². The predicted molar refractivity (Wildman–Crippen MR) is 68.8 cm³/mol. The fourth-order valence-corrected chi connectivity index (χ4v) is 2.42. The monoisotopic (exact) mass is 234 g/mol. The van der Waals surface area contributed by atoms with Crippen molar-refractivity contribution < 1.29 is 9.53 Å². The Morgan fingerprint density at radius 2 is 2.06 bits per heavy atom. The van der Waals surface area contributed by atoms with Gasteiger partial charge in [0.25, 0.3) is 0 Å². The highest BCUT2D eigenvalue weighted by atomic mass is 16.6. The zero-order chi connectivity index (χ0) is 12.7. The summed E-state index contributed by atoms with van der Waals surface area (Å²) in [5.74, 6) is 0.139. The standard InChI is InChI=1S/C15H22O2/c1-11-6-5-8-15(4)13(17-15)10-14(2,3)9-7-12(11)16/h6-7,9,13H,5,8,10H2,1-4H3/b9-7-,11-6-/t13-,15-/m1/s1. The molecule has 1 fully saturated rings. The van der Waals surface area contributed by atoms with Gasteiger partial charge in [0, 0.05) is 0 Å². The molecule has 0 unspecified atom stereocenters. The quantitative estimate of drug-likeness (QED) is 0.601. The molecule has 0 radical (unpaired) electrons. The summed E-state index contributed by atoms with van der Waals surface area (Å²) in [6.07, 6.45) is 9.07. The van der Waals surface area contributed by atoms with Gasteiger partial charge in [0.2, 0.25) is 0 Å². The van der Waals surface area contributed by atoms with Crippen LogP contribution in [0.2, 0.25) is 0 Å². The highest BCUT2D eigenvalue weighted by molar-refractivity contribution is 6.03. The van der Waals surface area contributed by atoms with Crippen LogP contribution in [-0.2, 0) is 9.53 Å². The molecule has 0 bridgehead atoms. The lowest BCUT2D eigenvalue weighted by atomic mass is 9.84. The van der Waals surface area contributed by atoms with Crippen LogP contribution in [-0.4, -0.2) is 17.5 Å². The third-order valence-corrected chi connectivity index (χ3v) is 3.91. The Labute approximate surface area is 104 Å². The lowest BCUT2D eigenvalue weighted by molar-refractivity contribution is -0.111. The fraction of sp³-hybridized carbons (Fsp3) is 0.667. The Morgan fingerprint density at radius 3 is 2.76 bits per heavy atom. The maximum Gasteiger partial charge on any atom is 0.180 e. The summed E-state index contributed by atoms with van der Waals surface area (Å²) in [6.45, 7) is 8.40. The molecule has 94 valence electrons. The summed E-state index contributed by atoms with van der Waals surface area (Å²) in [4.78, 5) is 11.8. The van der Waals surface area contributed by atoms with Crippen LogP contribution >= 0.6 is 0 Å². The number of epoxide rings is 1. The molecule has 1 heterocycles. The van der Waals surface area contributed by atoms with E-state index in [1.807, 2.05) is 19.1 Å². The number of hydrogen-bond donors (Lipinski definition) is 0. The van der Waals surface area contributed by atoms with Crippen molar-refractivity contribution in [3.05, 3.63) is 23.8 Å². The van der Waals surface area contributed by atoms with E-state index in [0.717, 1.165) is 24.8 Å².